The lowest BCUT2D eigenvalue weighted by molar-refractivity contribution is -0.114. The highest BCUT2D eigenvalue weighted by atomic mass is 32.2. The highest BCUT2D eigenvalue weighted by Gasteiger charge is 2.46. The van der Waals surface area contributed by atoms with Crippen molar-refractivity contribution in [2.45, 2.75) is 47.9 Å². The van der Waals surface area contributed by atoms with Gasteiger partial charge in [0.1, 0.15) is 12.0 Å². The predicted octanol–water partition coefficient (Wildman–Crippen LogP) is 1.64. The fourth-order valence-electron chi connectivity index (χ4n) is 4.07. The highest BCUT2D eigenvalue weighted by molar-refractivity contribution is 7.92. The first-order valence-electron chi connectivity index (χ1n) is 10.6. The third-order valence-corrected chi connectivity index (χ3v) is 7.56. The van der Waals surface area contributed by atoms with E-state index in [1.54, 1.807) is 0 Å². The van der Waals surface area contributed by atoms with Gasteiger partial charge in [-0.3, -0.25) is 9.69 Å². The predicted molar refractivity (Wildman–Crippen MR) is 118 cm³/mol. The number of amides is 1. The third-order valence-electron chi connectivity index (χ3n) is 6.05. The molecule has 2 fully saturated rings. The van der Waals surface area contributed by atoms with Crippen molar-refractivity contribution in [1.82, 2.24) is 10.2 Å². The van der Waals surface area contributed by atoms with Gasteiger partial charge in [-0.05, 0) is 43.5 Å². The van der Waals surface area contributed by atoms with Gasteiger partial charge in [-0.15, -0.1) is 0 Å². The second-order valence-corrected chi connectivity index (χ2v) is 10.3. The van der Waals surface area contributed by atoms with Crippen LogP contribution in [-0.2, 0) is 14.6 Å². The minimum absolute atomic E-state index is 0.00750. The van der Waals surface area contributed by atoms with Gasteiger partial charge in [0.15, 0.2) is 0 Å². The van der Waals surface area contributed by atoms with Gasteiger partial charge >= 0.3 is 5.51 Å². The van der Waals surface area contributed by atoms with Crippen molar-refractivity contribution in [1.29, 1.82) is 5.26 Å². The van der Waals surface area contributed by atoms with E-state index in [0.717, 1.165) is 30.7 Å². The van der Waals surface area contributed by atoms with Crippen LogP contribution in [0, 0.1) is 17.2 Å². The highest BCUT2D eigenvalue weighted by Crippen LogP contribution is 2.32. The molecule has 1 amide bonds. The van der Waals surface area contributed by atoms with Gasteiger partial charge in [0, 0.05) is 31.4 Å². The largest absolute Gasteiger partial charge is 0.501 e. The molecule has 3 atom stereocenters. The molecule has 2 aliphatic rings. The molecule has 5 N–H and O–H groups in total. The molecule has 1 aliphatic heterocycles. The van der Waals surface area contributed by atoms with Crippen molar-refractivity contribution >= 4 is 27.3 Å². The number of rotatable bonds is 7. The van der Waals surface area contributed by atoms with Gasteiger partial charge in [-0.1, -0.05) is 0 Å². The normalized spacial score (nSPS) is 24.9. The van der Waals surface area contributed by atoms with Crippen molar-refractivity contribution in [3.8, 4) is 6.07 Å². The van der Waals surface area contributed by atoms with Gasteiger partial charge in [0.2, 0.25) is 0 Å². The molecule has 35 heavy (non-hydrogen) atoms. The SMILES string of the molecule is N#CC1C[C@H](N2CC(F)C2)CC[C@@H]1N/C=C(/C(N)=O)C(N)=Nc1ccc(S(=O)(=O)C(F)(F)F)cc1. The van der Waals surface area contributed by atoms with Crippen molar-refractivity contribution in [3.05, 3.63) is 36.0 Å². The number of carbonyl (C=O) groups is 1. The number of carbonyl (C=O) groups excluding carboxylic acids is 1. The van der Waals surface area contributed by atoms with Crippen LogP contribution < -0.4 is 16.8 Å². The maximum absolute atomic E-state index is 13.1. The molecule has 1 aromatic rings. The molecule has 0 aromatic heterocycles. The Balaban J connectivity index is 1.71. The quantitative estimate of drug-likeness (QED) is 0.215. The van der Waals surface area contributed by atoms with E-state index in [1.165, 1.54) is 6.20 Å². The van der Waals surface area contributed by atoms with E-state index in [1.807, 2.05) is 4.90 Å². The molecule has 0 bridgehead atoms. The summed E-state index contributed by atoms with van der Waals surface area (Å²) in [5, 5.41) is 12.5. The number of nitrogens with two attached hydrogens (primary N) is 2. The maximum atomic E-state index is 13.1. The topological polar surface area (TPSA) is 155 Å². The summed E-state index contributed by atoms with van der Waals surface area (Å²) in [5.41, 5.74) is 5.57. The van der Waals surface area contributed by atoms with Gasteiger partial charge < -0.3 is 16.8 Å². The number of likely N-dealkylation sites (tertiary alicyclic amines) is 1. The van der Waals surface area contributed by atoms with E-state index in [0.29, 0.717) is 25.9 Å². The lowest BCUT2D eigenvalue weighted by atomic mass is 9.81. The summed E-state index contributed by atoms with van der Waals surface area (Å²) < 4.78 is 74.1. The zero-order valence-electron chi connectivity index (χ0n) is 18.4. The number of amidine groups is 1. The van der Waals surface area contributed by atoms with Crippen LogP contribution in [0.15, 0.2) is 45.9 Å². The summed E-state index contributed by atoms with van der Waals surface area (Å²) >= 11 is 0. The number of hydrogen-bond donors (Lipinski definition) is 3. The minimum Gasteiger partial charge on any atom is -0.386 e. The number of nitriles is 1. The Hall–Kier alpha value is -3.18. The van der Waals surface area contributed by atoms with Crippen LogP contribution in [0.25, 0.3) is 0 Å². The number of hydrogen-bond acceptors (Lipinski definition) is 7. The second-order valence-electron chi connectivity index (χ2n) is 8.39. The van der Waals surface area contributed by atoms with Crippen molar-refractivity contribution < 1.29 is 30.8 Å². The monoisotopic (exact) mass is 516 g/mol. The van der Waals surface area contributed by atoms with Gasteiger partial charge in [-0.25, -0.2) is 17.8 Å². The van der Waals surface area contributed by atoms with Crippen LogP contribution in [0.4, 0.5) is 23.2 Å². The Morgan fingerprint density at radius 3 is 2.34 bits per heavy atom. The summed E-state index contributed by atoms with van der Waals surface area (Å²) in [4.78, 5) is 16.9. The Kier molecular flexibility index (Phi) is 7.71. The summed E-state index contributed by atoms with van der Waals surface area (Å²) in [7, 11) is -5.51. The molecule has 1 saturated heterocycles. The van der Waals surface area contributed by atoms with Crippen LogP contribution in [0.2, 0.25) is 0 Å². The first-order chi connectivity index (χ1) is 16.3. The summed E-state index contributed by atoms with van der Waals surface area (Å²) in [5.74, 6) is -1.70. The van der Waals surface area contributed by atoms with Crippen LogP contribution in [0.1, 0.15) is 19.3 Å². The fraction of sp³-hybridized carbons (Fsp3) is 0.476. The van der Waals surface area contributed by atoms with Crippen molar-refractivity contribution in [3.63, 3.8) is 0 Å². The average Bonchev–Trinajstić information content (AvgIpc) is 2.76. The second kappa shape index (κ2) is 10.2. The van der Waals surface area contributed by atoms with Crippen LogP contribution in [-0.4, -0.2) is 61.9 Å². The number of nitrogens with one attached hydrogen (secondary N) is 1. The molecule has 1 aromatic carbocycles. The smallest absolute Gasteiger partial charge is 0.386 e. The average molecular weight is 517 g/mol. The molecule has 1 unspecified atom stereocenters. The lowest BCUT2D eigenvalue weighted by Crippen LogP contribution is -2.56. The molecule has 1 aliphatic carbocycles. The number of aliphatic imine (C=N–C) groups is 1. The lowest BCUT2D eigenvalue weighted by Gasteiger charge is -2.45. The zero-order chi connectivity index (χ0) is 26.0. The van der Waals surface area contributed by atoms with Crippen LogP contribution >= 0.6 is 0 Å². The molecule has 3 rings (SSSR count). The summed E-state index contributed by atoms with van der Waals surface area (Å²) in [6.45, 7) is 0.728. The molecule has 9 nitrogen and oxygen atoms in total. The van der Waals surface area contributed by atoms with Gasteiger partial charge in [0.25, 0.3) is 15.7 Å². The van der Waals surface area contributed by atoms with E-state index in [2.05, 4.69) is 16.4 Å². The molecule has 1 saturated carbocycles. The van der Waals surface area contributed by atoms with E-state index >= 15 is 0 Å². The van der Waals surface area contributed by atoms with Crippen LogP contribution in [0.5, 0.6) is 0 Å². The Bertz CT molecular complexity index is 1150. The Morgan fingerprint density at radius 1 is 1.20 bits per heavy atom. The van der Waals surface area contributed by atoms with Gasteiger partial charge in [-0.2, -0.15) is 18.4 Å². The number of halogens is 4. The third kappa shape index (κ3) is 5.91. The van der Waals surface area contributed by atoms with E-state index < -0.39 is 38.2 Å². The van der Waals surface area contributed by atoms with E-state index in [-0.39, 0.29) is 29.2 Å². The number of alkyl halides is 4. The van der Waals surface area contributed by atoms with Crippen molar-refractivity contribution in [2.24, 2.45) is 22.4 Å². The fourth-order valence-corrected chi connectivity index (χ4v) is 4.83. The summed E-state index contributed by atoms with van der Waals surface area (Å²) in [6, 6.07) is 5.48. The first-order valence-corrected chi connectivity index (χ1v) is 12.1. The van der Waals surface area contributed by atoms with Gasteiger partial charge in [0.05, 0.1) is 28.1 Å². The minimum atomic E-state index is -5.51. The standard InChI is InChI=1S/C21H24F4N6O3S/c22-13-10-31(11-13)15-3-6-18(12(7-15)8-26)29-9-17(20(28)32)19(27)30-14-1-4-16(5-2-14)35(33,34)21(23,24)25/h1-2,4-5,9,12-13,15,18,29H,3,6-7,10-11H2,(H2,27,30)(H2,28,32)/b17-9+/t12?,15-,18+/m1/s1. The number of primary amides is 1. The molecular weight excluding hydrogens is 492 g/mol. The molecule has 0 radical (unpaired) electrons. The maximum Gasteiger partial charge on any atom is 0.501 e. The molecule has 0 spiro atoms. The first kappa shape index (κ1) is 26.4. The van der Waals surface area contributed by atoms with E-state index in [9.17, 15) is 36.0 Å². The van der Waals surface area contributed by atoms with Crippen LogP contribution in [0.3, 0.4) is 0 Å². The molecule has 1 heterocycles. The van der Waals surface area contributed by atoms with Crippen molar-refractivity contribution in [2.75, 3.05) is 13.1 Å². The molecule has 190 valence electrons. The van der Waals surface area contributed by atoms with E-state index in [4.69, 9.17) is 11.5 Å². The Morgan fingerprint density at radius 2 is 1.83 bits per heavy atom. The molecular formula is C21H24F4N6O3S. The Labute approximate surface area is 199 Å². The summed E-state index contributed by atoms with van der Waals surface area (Å²) in [6.07, 6.45) is 2.27. The number of benzene rings is 1. The number of sulfone groups is 1. The molecule has 14 heteroatoms. The zero-order valence-corrected chi connectivity index (χ0v) is 19.2. The number of nitrogens with zero attached hydrogens (tertiary/aromatic N) is 3.